The fraction of sp³-hybridized carbons (Fsp3) is 0.375. The van der Waals surface area contributed by atoms with E-state index in [0.29, 0.717) is 0 Å². The molecule has 0 amide bonds. The van der Waals surface area contributed by atoms with Crippen molar-refractivity contribution in [2.45, 2.75) is 19.8 Å². The lowest BCUT2D eigenvalue weighted by Gasteiger charge is -2.32. The van der Waals surface area contributed by atoms with E-state index in [1.807, 2.05) is 24.3 Å². The molecule has 20 heavy (non-hydrogen) atoms. The van der Waals surface area contributed by atoms with Crippen LogP contribution in [0, 0.1) is 28.6 Å². The number of nitrogens with zero attached hydrogens (tertiary/aromatic N) is 3. The molecule has 1 N–H and O–H groups in total. The third-order valence-electron chi connectivity index (χ3n) is 3.51. The van der Waals surface area contributed by atoms with Crippen LogP contribution < -0.4 is 10.2 Å². The van der Waals surface area contributed by atoms with Gasteiger partial charge in [0, 0.05) is 30.7 Å². The number of piperidine rings is 1. The maximum atomic E-state index is 8.66. The van der Waals surface area contributed by atoms with Crippen LogP contribution >= 0.6 is 0 Å². The van der Waals surface area contributed by atoms with Crippen molar-refractivity contribution in [3.05, 3.63) is 36.0 Å². The summed E-state index contributed by atoms with van der Waals surface area (Å²) >= 11 is 0. The molecular formula is C16H18N4. The number of hydrogen-bond donors (Lipinski definition) is 1. The van der Waals surface area contributed by atoms with E-state index >= 15 is 0 Å². The minimum absolute atomic E-state index is 0.0685. The van der Waals surface area contributed by atoms with Crippen molar-refractivity contribution >= 4 is 11.4 Å². The summed E-state index contributed by atoms with van der Waals surface area (Å²) in [6, 6.07) is 11.7. The average molecular weight is 266 g/mol. The minimum Gasteiger partial charge on any atom is -0.371 e. The molecule has 1 heterocycles. The molecule has 102 valence electrons. The van der Waals surface area contributed by atoms with Gasteiger partial charge in [0.15, 0.2) is 0 Å². The number of nitriles is 2. The highest BCUT2D eigenvalue weighted by atomic mass is 15.1. The van der Waals surface area contributed by atoms with Gasteiger partial charge in [0.1, 0.15) is 17.7 Å². The number of allylic oxidation sites excluding steroid dienone is 1. The van der Waals surface area contributed by atoms with E-state index < -0.39 is 0 Å². The van der Waals surface area contributed by atoms with E-state index in [0.717, 1.165) is 24.7 Å². The van der Waals surface area contributed by atoms with Gasteiger partial charge >= 0.3 is 0 Å². The Kier molecular flexibility index (Phi) is 4.63. The van der Waals surface area contributed by atoms with Crippen LogP contribution in [0.4, 0.5) is 11.4 Å². The van der Waals surface area contributed by atoms with E-state index in [-0.39, 0.29) is 5.57 Å². The molecule has 4 heteroatoms. The molecule has 0 radical (unpaired) electrons. The van der Waals surface area contributed by atoms with Crippen LogP contribution in [-0.2, 0) is 0 Å². The van der Waals surface area contributed by atoms with Crippen molar-refractivity contribution in [3.8, 4) is 12.1 Å². The standard InChI is InChI=1S/C16H18N4/c1-13-3-2-8-20(12-13)16-6-4-15(5-7-16)19-11-14(9-17)10-18/h4-7,11,13,19H,2-3,8,12H2,1H3. The van der Waals surface area contributed by atoms with Gasteiger partial charge in [-0.3, -0.25) is 0 Å². The van der Waals surface area contributed by atoms with Crippen molar-refractivity contribution in [2.24, 2.45) is 5.92 Å². The van der Waals surface area contributed by atoms with Crippen molar-refractivity contribution in [1.82, 2.24) is 0 Å². The smallest absolute Gasteiger partial charge is 0.145 e. The lowest BCUT2D eigenvalue weighted by Crippen LogP contribution is -2.34. The molecule has 1 aliphatic heterocycles. The van der Waals surface area contributed by atoms with Gasteiger partial charge in [-0.25, -0.2) is 0 Å². The van der Waals surface area contributed by atoms with Gasteiger partial charge in [0.25, 0.3) is 0 Å². The minimum atomic E-state index is 0.0685. The molecule has 0 aliphatic carbocycles. The number of rotatable bonds is 3. The Balaban J connectivity index is 2.02. The first kappa shape index (κ1) is 14.0. The monoisotopic (exact) mass is 266 g/mol. The second-order valence-corrected chi connectivity index (χ2v) is 5.17. The molecule has 4 nitrogen and oxygen atoms in total. The molecule has 1 aliphatic rings. The highest BCUT2D eigenvalue weighted by Crippen LogP contribution is 2.24. The lowest BCUT2D eigenvalue weighted by molar-refractivity contribution is 0.447. The molecule has 1 aromatic rings. The van der Waals surface area contributed by atoms with Crippen molar-refractivity contribution in [2.75, 3.05) is 23.3 Å². The SMILES string of the molecule is CC1CCCN(c2ccc(NC=C(C#N)C#N)cc2)C1. The number of benzene rings is 1. The summed E-state index contributed by atoms with van der Waals surface area (Å²) in [6.07, 6.45) is 3.99. The average Bonchev–Trinajstić information content (AvgIpc) is 2.49. The summed E-state index contributed by atoms with van der Waals surface area (Å²) in [5, 5.41) is 20.3. The van der Waals surface area contributed by atoms with Gasteiger partial charge in [-0.1, -0.05) is 6.92 Å². The third kappa shape index (κ3) is 3.52. The van der Waals surface area contributed by atoms with Crippen molar-refractivity contribution in [1.29, 1.82) is 10.5 Å². The van der Waals surface area contributed by atoms with Gasteiger partial charge < -0.3 is 10.2 Å². The maximum absolute atomic E-state index is 8.66. The maximum Gasteiger partial charge on any atom is 0.145 e. The Hall–Kier alpha value is -2.46. The summed E-state index contributed by atoms with van der Waals surface area (Å²) in [6.45, 7) is 4.52. The van der Waals surface area contributed by atoms with Crippen molar-refractivity contribution < 1.29 is 0 Å². The summed E-state index contributed by atoms with van der Waals surface area (Å²) in [4.78, 5) is 2.41. The summed E-state index contributed by atoms with van der Waals surface area (Å²) < 4.78 is 0. The molecule has 0 saturated carbocycles. The van der Waals surface area contributed by atoms with E-state index in [1.165, 1.54) is 24.7 Å². The van der Waals surface area contributed by atoms with Crippen LogP contribution in [-0.4, -0.2) is 13.1 Å². The molecule has 1 aromatic carbocycles. The van der Waals surface area contributed by atoms with E-state index in [4.69, 9.17) is 10.5 Å². The highest BCUT2D eigenvalue weighted by molar-refractivity contribution is 5.57. The van der Waals surface area contributed by atoms with E-state index in [2.05, 4.69) is 29.3 Å². The molecule has 2 rings (SSSR count). The predicted octanol–water partition coefficient (Wildman–Crippen LogP) is 3.27. The summed E-state index contributed by atoms with van der Waals surface area (Å²) in [7, 11) is 0. The topological polar surface area (TPSA) is 62.9 Å². The second-order valence-electron chi connectivity index (χ2n) is 5.17. The number of hydrogen-bond acceptors (Lipinski definition) is 4. The lowest BCUT2D eigenvalue weighted by atomic mass is 10.00. The normalized spacial score (nSPS) is 17.8. The van der Waals surface area contributed by atoms with Gasteiger partial charge in [-0.2, -0.15) is 10.5 Å². The molecule has 1 atom stereocenters. The largest absolute Gasteiger partial charge is 0.371 e. The first-order valence-corrected chi connectivity index (χ1v) is 6.85. The predicted molar refractivity (Wildman–Crippen MR) is 80.0 cm³/mol. The summed E-state index contributed by atoms with van der Waals surface area (Å²) in [5.41, 5.74) is 2.17. The van der Waals surface area contributed by atoms with Gasteiger partial charge in [-0.05, 0) is 43.0 Å². The molecule has 1 fully saturated rings. The zero-order valence-corrected chi connectivity index (χ0v) is 11.6. The van der Waals surface area contributed by atoms with Crippen LogP contribution in [0.5, 0.6) is 0 Å². The zero-order valence-electron chi connectivity index (χ0n) is 11.6. The quantitative estimate of drug-likeness (QED) is 0.853. The van der Waals surface area contributed by atoms with E-state index in [1.54, 1.807) is 0 Å². The molecule has 0 bridgehead atoms. The van der Waals surface area contributed by atoms with E-state index in [9.17, 15) is 0 Å². The Morgan fingerprint density at radius 1 is 1.30 bits per heavy atom. The molecule has 0 aromatic heterocycles. The second kappa shape index (κ2) is 6.63. The summed E-state index contributed by atoms with van der Waals surface area (Å²) in [5.74, 6) is 0.748. The first-order valence-electron chi connectivity index (χ1n) is 6.85. The number of nitrogens with one attached hydrogen (secondary N) is 1. The Morgan fingerprint density at radius 2 is 2.00 bits per heavy atom. The fourth-order valence-corrected chi connectivity index (χ4v) is 2.44. The van der Waals surface area contributed by atoms with Crippen LogP contribution in [0.1, 0.15) is 19.8 Å². The van der Waals surface area contributed by atoms with Crippen LogP contribution in [0.3, 0.4) is 0 Å². The molecule has 0 spiro atoms. The first-order chi connectivity index (χ1) is 9.72. The van der Waals surface area contributed by atoms with Gasteiger partial charge in [0.05, 0.1) is 0 Å². The van der Waals surface area contributed by atoms with Crippen molar-refractivity contribution in [3.63, 3.8) is 0 Å². The highest BCUT2D eigenvalue weighted by Gasteiger charge is 2.16. The Labute approximate surface area is 119 Å². The molecule has 1 saturated heterocycles. The van der Waals surface area contributed by atoms with Crippen LogP contribution in [0.15, 0.2) is 36.0 Å². The molecular weight excluding hydrogens is 248 g/mol. The Morgan fingerprint density at radius 3 is 2.60 bits per heavy atom. The number of anilines is 2. The van der Waals surface area contributed by atoms with Crippen LogP contribution in [0.2, 0.25) is 0 Å². The van der Waals surface area contributed by atoms with Gasteiger partial charge in [0.2, 0.25) is 0 Å². The Bertz CT molecular complexity index is 544. The molecule has 1 unspecified atom stereocenters. The zero-order chi connectivity index (χ0) is 14.4. The van der Waals surface area contributed by atoms with Gasteiger partial charge in [-0.15, -0.1) is 0 Å². The third-order valence-corrected chi connectivity index (χ3v) is 3.51. The van der Waals surface area contributed by atoms with Crippen LogP contribution in [0.25, 0.3) is 0 Å². The fourth-order valence-electron chi connectivity index (χ4n) is 2.44.